The van der Waals surface area contributed by atoms with Crippen LogP contribution in [0.5, 0.6) is 0 Å². The number of piperazine rings is 1. The lowest BCUT2D eigenvalue weighted by Gasteiger charge is -2.32. The largest absolute Gasteiger partial charge is 0.661 e. The van der Waals surface area contributed by atoms with Crippen molar-refractivity contribution >= 4 is 22.7 Å². The molecule has 1 fully saturated rings. The number of likely N-dealkylation sites (N-methyl/N-ethyl adjacent to an activating group) is 1. The fraction of sp³-hybridized carbons (Fsp3) is 0.300. The van der Waals surface area contributed by atoms with Crippen LogP contribution in [0.3, 0.4) is 0 Å². The third kappa shape index (κ3) is 7.79. The van der Waals surface area contributed by atoms with E-state index in [1.807, 2.05) is 42.5 Å². The number of hydrogen-bond acceptors (Lipinski definition) is 5. The summed E-state index contributed by atoms with van der Waals surface area (Å²) in [6.45, 7) is 3.35. The summed E-state index contributed by atoms with van der Waals surface area (Å²) in [4.78, 5) is 25.1. The van der Waals surface area contributed by atoms with Gasteiger partial charge in [-0.25, -0.2) is 14.8 Å². The second-order valence-electron chi connectivity index (χ2n) is 9.94. The van der Waals surface area contributed by atoms with Crippen molar-refractivity contribution < 1.29 is 36.2 Å². The lowest BCUT2D eigenvalue weighted by Crippen LogP contribution is -2.45. The molecule has 0 bridgehead atoms. The molecule has 0 radical (unpaired) electrons. The lowest BCUT2D eigenvalue weighted by atomic mass is 9.99. The van der Waals surface area contributed by atoms with Crippen LogP contribution in [0.25, 0.3) is 27.3 Å². The van der Waals surface area contributed by atoms with Crippen molar-refractivity contribution in [3.8, 4) is 11.3 Å². The van der Waals surface area contributed by atoms with Gasteiger partial charge in [-0.2, -0.15) is 33.4 Å². The molecule has 2 heterocycles. The summed E-state index contributed by atoms with van der Waals surface area (Å²) in [6, 6.07) is 15.2. The second kappa shape index (κ2) is 13.0. The van der Waals surface area contributed by atoms with Gasteiger partial charge < -0.3 is 20.2 Å². The van der Waals surface area contributed by atoms with E-state index < -0.39 is 29.4 Å². The Kier molecular flexibility index (Phi) is 9.55. The van der Waals surface area contributed by atoms with Crippen LogP contribution in [0.4, 0.5) is 32.3 Å². The maximum Gasteiger partial charge on any atom is 0.416 e. The number of aromatic nitrogens is 2. The van der Waals surface area contributed by atoms with Gasteiger partial charge in [0.2, 0.25) is 5.95 Å². The van der Waals surface area contributed by atoms with Crippen LogP contribution in [0.15, 0.2) is 66.9 Å². The van der Waals surface area contributed by atoms with Gasteiger partial charge in [0.1, 0.15) is 5.56 Å². The summed E-state index contributed by atoms with van der Waals surface area (Å²) < 4.78 is 74.3. The van der Waals surface area contributed by atoms with E-state index in [9.17, 15) is 36.2 Å². The number of alkyl halides is 6. The summed E-state index contributed by atoms with van der Waals surface area (Å²) in [5, 5.41) is 15.2. The number of anilines is 1. The third-order valence-electron chi connectivity index (χ3n) is 6.83. The zero-order valence-corrected chi connectivity index (χ0v) is 23.2. The van der Waals surface area contributed by atoms with Gasteiger partial charge in [-0.3, -0.25) is 0 Å². The summed E-state index contributed by atoms with van der Waals surface area (Å²) in [6.07, 6.45) is -8.17. The Bertz CT molecular complexity index is 1550. The molecule has 0 saturated carbocycles. The van der Waals surface area contributed by atoms with Crippen LogP contribution in [-0.2, 0) is 18.9 Å². The smallest absolute Gasteiger partial charge is 0.416 e. The Morgan fingerprint density at radius 2 is 1.51 bits per heavy atom. The fourth-order valence-corrected chi connectivity index (χ4v) is 4.62. The SMILES string of the molecule is CN1CCN(c2ncc(C(=O)O)c(-c3cccc4ccccc34)n2)CC1.C[N-]Cc1cc(C(F)(F)F)cc(C(F)(F)F)c1. The summed E-state index contributed by atoms with van der Waals surface area (Å²) in [5.41, 5.74) is -1.33. The highest BCUT2D eigenvalue weighted by molar-refractivity contribution is 6.02. The van der Waals surface area contributed by atoms with E-state index in [-0.39, 0.29) is 23.7 Å². The minimum Gasteiger partial charge on any atom is -0.661 e. The predicted octanol–water partition coefficient (Wildman–Crippen LogP) is 6.97. The molecule has 4 aromatic rings. The number of carboxylic acids is 1. The van der Waals surface area contributed by atoms with Crippen molar-refractivity contribution in [2.75, 3.05) is 45.2 Å². The summed E-state index contributed by atoms with van der Waals surface area (Å²) in [5.74, 6) is -0.427. The molecule has 1 N–H and O–H groups in total. The van der Waals surface area contributed by atoms with Crippen LogP contribution < -0.4 is 4.90 Å². The Balaban J connectivity index is 0.000000217. The highest BCUT2D eigenvalue weighted by Gasteiger charge is 2.36. The number of rotatable bonds is 5. The number of nitrogens with zero attached hydrogens (tertiary/aromatic N) is 5. The van der Waals surface area contributed by atoms with Gasteiger partial charge in [-0.1, -0.05) is 48.0 Å². The Hall–Kier alpha value is -4.23. The van der Waals surface area contributed by atoms with E-state index in [1.165, 1.54) is 13.2 Å². The van der Waals surface area contributed by atoms with Crippen molar-refractivity contribution in [1.29, 1.82) is 0 Å². The zero-order chi connectivity index (χ0) is 31.4. The van der Waals surface area contributed by atoms with E-state index in [4.69, 9.17) is 0 Å². The molecule has 1 aliphatic rings. The van der Waals surface area contributed by atoms with Gasteiger partial charge in [0, 0.05) is 37.9 Å². The monoisotopic (exact) mass is 604 g/mol. The van der Waals surface area contributed by atoms with E-state index in [1.54, 1.807) is 0 Å². The number of benzene rings is 3. The molecule has 0 spiro atoms. The first-order valence-electron chi connectivity index (χ1n) is 13.1. The predicted molar refractivity (Wildman–Crippen MR) is 151 cm³/mol. The first-order valence-corrected chi connectivity index (χ1v) is 13.1. The Morgan fingerprint density at radius 3 is 2.09 bits per heavy atom. The quantitative estimate of drug-likeness (QED) is 0.248. The van der Waals surface area contributed by atoms with E-state index in [0.717, 1.165) is 42.5 Å². The first kappa shape index (κ1) is 31.7. The highest BCUT2D eigenvalue weighted by atomic mass is 19.4. The van der Waals surface area contributed by atoms with Gasteiger partial charge in [0.05, 0.1) is 16.8 Å². The third-order valence-corrected chi connectivity index (χ3v) is 6.83. The number of fused-ring (bicyclic) bond motifs is 1. The Morgan fingerprint density at radius 1 is 0.907 bits per heavy atom. The van der Waals surface area contributed by atoms with Crippen molar-refractivity contribution in [3.63, 3.8) is 0 Å². The average molecular weight is 605 g/mol. The molecule has 0 unspecified atom stereocenters. The van der Waals surface area contributed by atoms with Crippen LogP contribution in [0.2, 0.25) is 0 Å². The standard InChI is InChI=1S/C20H20N4O2.C10H8F6N/c1-23-9-11-24(12-10-23)20-21-13-17(19(25)26)18(22-20)16-8-4-6-14-5-2-3-7-15(14)16;1-17-5-6-2-7(9(11,12)13)4-8(3-6)10(14,15)16/h2-8,13H,9-12H2,1H3,(H,25,26);2-4H,5H2,1H3/q;-1. The maximum atomic E-state index is 12.4. The molecule has 1 aromatic heterocycles. The fourth-order valence-electron chi connectivity index (χ4n) is 4.62. The van der Waals surface area contributed by atoms with Gasteiger partial charge in [-0.15, -0.1) is 6.54 Å². The lowest BCUT2D eigenvalue weighted by molar-refractivity contribution is -0.143. The van der Waals surface area contributed by atoms with Crippen molar-refractivity contribution in [1.82, 2.24) is 14.9 Å². The Labute approximate surface area is 243 Å². The normalized spacial score (nSPS) is 14.4. The van der Waals surface area contributed by atoms with Crippen molar-refractivity contribution in [3.05, 3.63) is 94.4 Å². The van der Waals surface area contributed by atoms with Crippen molar-refractivity contribution in [2.24, 2.45) is 0 Å². The second-order valence-corrected chi connectivity index (χ2v) is 9.94. The molecule has 1 saturated heterocycles. The molecule has 1 aliphatic heterocycles. The molecule has 7 nitrogen and oxygen atoms in total. The van der Waals surface area contributed by atoms with Crippen molar-refractivity contribution in [2.45, 2.75) is 18.9 Å². The number of hydrogen-bond donors (Lipinski definition) is 1. The molecule has 0 atom stereocenters. The van der Waals surface area contributed by atoms with Crippen LogP contribution in [0.1, 0.15) is 27.0 Å². The molecule has 3 aromatic carbocycles. The number of carbonyl (C=O) groups is 1. The molecular formula is C30H28F6N5O2-. The van der Waals surface area contributed by atoms with E-state index in [2.05, 4.69) is 32.1 Å². The van der Waals surface area contributed by atoms with Crippen LogP contribution >= 0.6 is 0 Å². The maximum absolute atomic E-state index is 12.4. The molecule has 228 valence electrons. The molecule has 13 heteroatoms. The molecule has 0 amide bonds. The number of halogens is 6. The highest BCUT2D eigenvalue weighted by Crippen LogP contribution is 2.36. The topological polar surface area (TPSA) is 83.7 Å². The molecule has 43 heavy (non-hydrogen) atoms. The van der Waals surface area contributed by atoms with Crippen LogP contribution in [-0.4, -0.2) is 66.2 Å². The summed E-state index contributed by atoms with van der Waals surface area (Å²) >= 11 is 0. The van der Waals surface area contributed by atoms with Gasteiger partial charge in [0.15, 0.2) is 0 Å². The first-order chi connectivity index (χ1) is 20.3. The average Bonchev–Trinajstić information content (AvgIpc) is 2.96. The van der Waals surface area contributed by atoms with Gasteiger partial charge >= 0.3 is 18.3 Å². The molecule has 5 rings (SSSR count). The minimum atomic E-state index is -4.80. The van der Waals surface area contributed by atoms with E-state index >= 15 is 0 Å². The minimum absolute atomic E-state index is 0.0964. The van der Waals surface area contributed by atoms with E-state index in [0.29, 0.717) is 23.8 Å². The number of carboxylic acid groups (broad SMARTS) is 1. The van der Waals surface area contributed by atoms with Gasteiger partial charge in [-0.05, 0) is 36.0 Å². The molecular weight excluding hydrogens is 576 g/mol. The zero-order valence-electron chi connectivity index (χ0n) is 23.2. The number of aromatic carboxylic acids is 1. The van der Waals surface area contributed by atoms with Crippen LogP contribution in [0, 0.1) is 0 Å². The summed E-state index contributed by atoms with van der Waals surface area (Å²) in [7, 11) is 3.40. The molecule has 0 aliphatic carbocycles. The van der Waals surface area contributed by atoms with Gasteiger partial charge in [0.25, 0.3) is 0 Å².